The van der Waals surface area contributed by atoms with Crippen LogP contribution in [0.15, 0.2) is 48.7 Å². The number of hydrogen-bond acceptors (Lipinski definition) is 5. The molecule has 1 fully saturated rings. The molecule has 1 amide bonds. The van der Waals surface area contributed by atoms with Crippen LogP contribution < -0.4 is 10.5 Å². The Kier molecular flexibility index (Phi) is 7.26. The van der Waals surface area contributed by atoms with Gasteiger partial charge in [0.05, 0.1) is 5.02 Å². The fourth-order valence-electron chi connectivity index (χ4n) is 4.03. The third kappa shape index (κ3) is 4.97. The lowest BCUT2D eigenvalue weighted by atomic mass is 10.0. The van der Waals surface area contributed by atoms with E-state index in [2.05, 4.69) is 4.98 Å². The maximum atomic E-state index is 13.9. The molecule has 1 aromatic heterocycles. The molecule has 4 rings (SSSR count). The minimum Gasteiger partial charge on any atom is -0.482 e. The summed E-state index contributed by atoms with van der Waals surface area (Å²) >= 11 is 12.3. The largest absolute Gasteiger partial charge is 0.482 e. The first-order valence-corrected chi connectivity index (χ1v) is 11.6. The summed E-state index contributed by atoms with van der Waals surface area (Å²) in [6.07, 6.45) is 1.74. The molecule has 3 aromatic rings. The molecule has 0 bridgehead atoms. The highest BCUT2D eigenvalue weighted by molar-refractivity contribution is 6.36. The number of pyridine rings is 1. The molecule has 2 heterocycles. The monoisotopic (exact) mass is 503 g/mol. The Hall–Kier alpha value is -2.87. The highest BCUT2D eigenvalue weighted by Gasteiger charge is 2.26. The van der Waals surface area contributed by atoms with Gasteiger partial charge in [-0.2, -0.15) is 0 Å². The fourth-order valence-corrected chi connectivity index (χ4v) is 4.70. The summed E-state index contributed by atoms with van der Waals surface area (Å²) in [5.41, 5.74) is 8.46. The Bertz CT molecular complexity index is 1210. The first-order valence-electron chi connectivity index (χ1n) is 10.8. The smallest absolute Gasteiger partial charge is 0.253 e. The average molecular weight is 504 g/mol. The number of hydrogen-bond donors (Lipinski definition) is 2. The zero-order valence-corrected chi connectivity index (χ0v) is 20.0. The molecule has 3 N–H and O–H groups in total. The number of carbonyl (C=O) groups is 1. The number of aliphatic hydroxyl groups excluding tert-OH is 1. The Morgan fingerprint density at radius 1 is 1.26 bits per heavy atom. The van der Waals surface area contributed by atoms with Crippen molar-refractivity contribution in [1.82, 2.24) is 9.88 Å². The van der Waals surface area contributed by atoms with Crippen LogP contribution in [0.4, 0.5) is 10.2 Å². The summed E-state index contributed by atoms with van der Waals surface area (Å²) in [6, 6.07) is 11.5. The maximum absolute atomic E-state index is 13.9. The van der Waals surface area contributed by atoms with Gasteiger partial charge in [-0.15, -0.1) is 0 Å². The summed E-state index contributed by atoms with van der Waals surface area (Å²) in [6.45, 7) is 3.00. The Labute approximate surface area is 207 Å². The van der Waals surface area contributed by atoms with E-state index in [-0.39, 0.29) is 34.3 Å². The molecule has 34 heavy (non-hydrogen) atoms. The quantitative estimate of drug-likeness (QED) is 0.441. The number of nitrogens with two attached hydrogens (primary N) is 1. The normalized spacial score (nSPS) is 16.5. The van der Waals surface area contributed by atoms with E-state index in [1.807, 2.05) is 12.1 Å². The molecule has 1 saturated heterocycles. The summed E-state index contributed by atoms with van der Waals surface area (Å²) in [4.78, 5) is 18.7. The number of anilines is 1. The van der Waals surface area contributed by atoms with Crippen molar-refractivity contribution in [3.63, 3.8) is 0 Å². The van der Waals surface area contributed by atoms with Gasteiger partial charge in [0.25, 0.3) is 5.91 Å². The second-order valence-electron chi connectivity index (χ2n) is 8.29. The summed E-state index contributed by atoms with van der Waals surface area (Å²) < 4.78 is 19.9. The van der Waals surface area contributed by atoms with Crippen molar-refractivity contribution in [2.24, 2.45) is 5.92 Å². The molecule has 2 unspecified atom stereocenters. The molecule has 2 aromatic carbocycles. The Morgan fingerprint density at radius 3 is 2.68 bits per heavy atom. The molecule has 0 saturated carbocycles. The van der Waals surface area contributed by atoms with Crippen LogP contribution in [-0.2, 0) is 0 Å². The van der Waals surface area contributed by atoms with Gasteiger partial charge in [0, 0.05) is 53.5 Å². The minimum atomic E-state index is -0.682. The van der Waals surface area contributed by atoms with Gasteiger partial charge < -0.3 is 20.5 Å². The standard InChI is InChI=1S/C25H24Cl2FN3O3/c1-14(22-19(26)6-7-20(28)23(22)27)34-21-10-18(11-30-24(21)29)16-2-4-17(5-3-16)25(33)31-9-8-15(12-31)13-32/h2-7,10-11,14-15,32H,8-9,12-13H2,1H3,(H2,29,30). The number of carbonyl (C=O) groups excluding carboxylic acids is 1. The first-order chi connectivity index (χ1) is 16.3. The molecule has 0 spiro atoms. The van der Waals surface area contributed by atoms with Crippen molar-refractivity contribution in [3.05, 3.63) is 75.7 Å². The zero-order valence-electron chi connectivity index (χ0n) is 18.5. The third-order valence-corrected chi connectivity index (χ3v) is 6.68. The van der Waals surface area contributed by atoms with Crippen molar-refractivity contribution >= 4 is 34.9 Å². The van der Waals surface area contributed by atoms with Crippen LogP contribution in [0.25, 0.3) is 11.1 Å². The molecule has 2 atom stereocenters. The van der Waals surface area contributed by atoms with Crippen LogP contribution in [0.3, 0.4) is 0 Å². The van der Waals surface area contributed by atoms with E-state index in [0.29, 0.717) is 30.0 Å². The number of likely N-dealkylation sites (tertiary alicyclic amines) is 1. The fraction of sp³-hybridized carbons (Fsp3) is 0.280. The van der Waals surface area contributed by atoms with Gasteiger partial charge >= 0.3 is 0 Å². The molecule has 9 heteroatoms. The van der Waals surface area contributed by atoms with E-state index in [9.17, 15) is 14.3 Å². The molecule has 6 nitrogen and oxygen atoms in total. The molecular formula is C25H24Cl2FN3O3. The topological polar surface area (TPSA) is 88.7 Å². The lowest BCUT2D eigenvalue weighted by Gasteiger charge is -2.19. The van der Waals surface area contributed by atoms with Gasteiger partial charge in [-0.3, -0.25) is 4.79 Å². The van der Waals surface area contributed by atoms with E-state index < -0.39 is 11.9 Å². The molecular weight excluding hydrogens is 480 g/mol. The van der Waals surface area contributed by atoms with E-state index >= 15 is 0 Å². The molecule has 1 aliphatic heterocycles. The van der Waals surface area contributed by atoms with Gasteiger partial charge in [0.1, 0.15) is 11.9 Å². The summed E-state index contributed by atoms with van der Waals surface area (Å²) in [7, 11) is 0. The average Bonchev–Trinajstić information content (AvgIpc) is 3.32. The van der Waals surface area contributed by atoms with Crippen LogP contribution in [0.5, 0.6) is 5.75 Å². The number of nitrogens with zero attached hydrogens (tertiary/aromatic N) is 2. The number of nitrogen functional groups attached to an aromatic ring is 1. The van der Waals surface area contributed by atoms with Crippen LogP contribution in [0, 0.1) is 11.7 Å². The van der Waals surface area contributed by atoms with Crippen molar-refractivity contribution in [3.8, 4) is 16.9 Å². The van der Waals surface area contributed by atoms with Crippen molar-refractivity contribution in [1.29, 1.82) is 0 Å². The number of amides is 1. The Morgan fingerprint density at radius 2 is 2.00 bits per heavy atom. The van der Waals surface area contributed by atoms with Crippen LogP contribution in [0.2, 0.25) is 10.0 Å². The number of ether oxygens (including phenoxy) is 1. The molecule has 1 aliphatic rings. The van der Waals surface area contributed by atoms with Gasteiger partial charge in [-0.25, -0.2) is 9.37 Å². The van der Waals surface area contributed by atoms with Crippen LogP contribution in [-0.4, -0.2) is 40.6 Å². The predicted molar refractivity (Wildman–Crippen MR) is 131 cm³/mol. The first kappa shape index (κ1) is 24.3. The van der Waals surface area contributed by atoms with E-state index in [4.69, 9.17) is 33.7 Å². The van der Waals surface area contributed by atoms with E-state index in [1.54, 1.807) is 36.2 Å². The summed E-state index contributed by atoms with van der Waals surface area (Å²) in [5, 5.41) is 9.48. The van der Waals surface area contributed by atoms with Crippen molar-refractivity contribution in [2.75, 3.05) is 25.4 Å². The molecule has 0 radical (unpaired) electrons. The van der Waals surface area contributed by atoms with Crippen molar-refractivity contribution < 1.29 is 19.0 Å². The van der Waals surface area contributed by atoms with E-state index in [1.165, 1.54) is 12.1 Å². The number of rotatable bonds is 6. The van der Waals surface area contributed by atoms with Gasteiger partial charge in [-0.05, 0) is 49.2 Å². The maximum Gasteiger partial charge on any atom is 0.253 e. The number of benzene rings is 2. The third-order valence-electron chi connectivity index (χ3n) is 5.97. The number of halogens is 3. The lowest BCUT2D eigenvalue weighted by molar-refractivity contribution is 0.0782. The zero-order chi connectivity index (χ0) is 24.4. The van der Waals surface area contributed by atoms with Crippen molar-refractivity contribution in [2.45, 2.75) is 19.4 Å². The van der Waals surface area contributed by atoms with E-state index in [0.717, 1.165) is 17.5 Å². The van der Waals surface area contributed by atoms with Crippen LogP contribution >= 0.6 is 23.2 Å². The van der Waals surface area contributed by atoms with Crippen LogP contribution in [0.1, 0.15) is 35.4 Å². The predicted octanol–water partition coefficient (Wildman–Crippen LogP) is 5.37. The van der Waals surface area contributed by atoms with Gasteiger partial charge in [0.2, 0.25) is 0 Å². The second kappa shape index (κ2) is 10.2. The van der Waals surface area contributed by atoms with Gasteiger partial charge in [-0.1, -0.05) is 35.3 Å². The highest BCUT2D eigenvalue weighted by Crippen LogP contribution is 2.37. The number of aromatic nitrogens is 1. The molecule has 178 valence electrons. The summed E-state index contributed by atoms with van der Waals surface area (Å²) in [5.74, 6) is -0.0411. The molecule has 0 aliphatic carbocycles. The SMILES string of the molecule is CC(Oc1cc(-c2ccc(C(=O)N3CCC(CO)C3)cc2)cnc1N)c1c(Cl)ccc(F)c1Cl. The number of aliphatic hydroxyl groups is 1. The van der Waals surface area contributed by atoms with Gasteiger partial charge in [0.15, 0.2) is 11.6 Å². The second-order valence-corrected chi connectivity index (χ2v) is 9.08. The Balaban J connectivity index is 1.53. The minimum absolute atomic E-state index is 0.0559. The highest BCUT2D eigenvalue weighted by atomic mass is 35.5. The lowest BCUT2D eigenvalue weighted by Crippen LogP contribution is -2.29.